The summed E-state index contributed by atoms with van der Waals surface area (Å²) in [6.45, 7) is 0. The van der Waals surface area contributed by atoms with Crippen LogP contribution in [0.3, 0.4) is 0 Å². The van der Waals surface area contributed by atoms with Gasteiger partial charge >= 0.3 is 0 Å². The van der Waals surface area contributed by atoms with E-state index < -0.39 is 6.04 Å². The van der Waals surface area contributed by atoms with Crippen molar-refractivity contribution in [3.63, 3.8) is 0 Å². The van der Waals surface area contributed by atoms with Gasteiger partial charge in [0.05, 0.1) is 5.56 Å². The molecule has 1 aliphatic heterocycles. The highest BCUT2D eigenvalue weighted by Gasteiger charge is 2.32. The molecule has 1 aromatic rings. The van der Waals surface area contributed by atoms with Gasteiger partial charge in [0.1, 0.15) is 6.04 Å². The number of nitrogens with two attached hydrogens (primary N) is 1. The lowest BCUT2D eigenvalue weighted by Gasteiger charge is -2.29. The van der Waals surface area contributed by atoms with Crippen LogP contribution in [0, 0.1) is 0 Å². The first-order valence-electron chi connectivity index (χ1n) is 6.62. The van der Waals surface area contributed by atoms with Crippen molar-refractivity contribution in [2.24, 2.45) is 0 Å². The van der Waals surface area contributed by atoms with Gasteiger partial charge in [0.2, 0.25) is 5.91 Å². The zero-order valence-corrected chi connectivity index (χ0v) is 12.0. The second-order valence-electron chi connectivity index (χ2n) is 4.91. The molecule has 0 saturated carbocycles. The maximum Gasteiger partial charge on any atom is 0.253 e. The van der Waals surface area contributed by atoms with Crippen LogP contribution in [-0.4, -0.2) is 42.8 Å². The number of imide groups is 1. The van der Waals surface area contributed by atoms with E-state index in [0.717, 1.165) is 4.90 Å². The molecule has 0 aromatic heterocycles. The zero-order valence-electron chi connectivity index (χ0n) is 12.0. The molecule has 0 radical (unpaired) electrons. The number of anilines is 2. The molecule has 2 rings (SSSR count). The van der Waals surface area contributed by atoms with Crippen LogP contribution in [0.4, 0.5) is 11.4 Å². The number of likely N-dealkylation sites (N-methyl/N-ethyl adjacent to an activating group) is 1. The molecule has 1 atom stereocenters. The van der Waals surface area contributed by atoms with E-state index in [1.807, 2.05) is 0 Å². The maximum absolute atomic E-state index is 12.1. The molecule has 7 nitrogen and oxygen atoms in total. The Morgan fingerprint density at radius 2 is 2.10 bits per heavy atom. The fourth-order valence-corrected chi connectivity index (χ4v) is 2.25. The fraction of sp³-hybridized carbons (Fsp3) is 0.357. The number of nitrogens with zero attached hydrogens (tertiary/aromatic N) is 1. The Morgan fingerprint density at radius 1 is 1.38 bits per heavy atom. The van der Waals surface area contributed by atoms with Gasteiger partial charge in [-0.15, -0.1) is 0 Å². The minimum Gasteiger partial charge on any atom is -0.399 e. The third-order valence-electron chi connectivity index (χ3n) is 3.49. The van der Waals surface area contributed by atoms with Crippen LogP contribution in [0.25, 0.3) is 0 Å². The first kappa shape index (κ1) is 14.8. The highest BCUT2D eigenvalue weighted by molar-refractivity contribution is 6.03. The number of nitrogen functional groups attached to an aromatic ring is 1. The predicted octanol–water partition coefficient (Wildman–Crippen LogP) is 0.188. The Balaban J connectivity index is 2.27. The highest BCUT2D eigenvalue weighted by Crippen LogP contribution is 2.23. The molecule has 1 unspecified atom stereocenters. The monoisotopic (exact) mass is 290 g/mol. The van der Waals surface area contributed by atoms with Gasteiger partial charge in [-0.1, -0.05) is 0 Å². The van der Waals surface area contributed by atoms with E-state index in [9.17, 15) is 14.4 Å². The molecule has 21 heavy (non-hydrogen) atoms. The minimum atomic E-state index is -0.544. The van der Waals surface area contributed by atoms with Crippen LogP contribution >= 0.6 is 0 Å². The van der Waals surface area contributed by atoms with Crippen molar-refractivity contribution in [3.8, 4) is 0 Å². The molecule has 0 spiro atoms. The molecule has 0 aliphatic carbocycles. The molecular formula is C14H18N4O3. The Bertz CT molecular complexity index is 600. The number of benzene rings is 1. The van der Waals surface area contributed by atoms with Crippen LogP contribution in [-0.2, 0) is 9.59 Å². The number of carbonyl (C=O) groups excluding carboxylic acids is 3. The summed E-state index contributed by atoms with van der Waals surface area (Å²) in [7, 11) is 2.98. The van der Waals surface area contributed by atoms with Gasteiger partial charge in [-0.05, 0) is 24.6 Å². The standard InChI is InChI=1S/C14H18N4O3/c1-16-13(20)9-4-3-8(15)7-11(9)17-10-5-6-12(19)18(2)14(10)21/h3-4,7,10,17H,5-6,15H2,1-2H3,(H,16,20). The second kappa shape index (κ2) is 5.82. The summed E-state index contributed by atoms with van der Waals surface area (Å²) in [5.41, 5.74) is 7.10. The third kappa shape index (κ3) is 2.96. The van der Waals surface area contributed by atoms with Gasteiger partial charge in [-0.2, -0.15) is 0 Å². The van der Waals surface area contributed by atoms with Gasteiger partial charge in [-0.3, -0.25) is 19.3 Å². The Kier molecular flexibility index (Phi) is 4.11. The van der Waals surface area contributed by atoms with Crippen molar-refractivity contribution in [1.29, 1.82) is 0 Å². The summed E-state index contributed by atoms with van der Waals surface area (Å²) < 4.78 is 0. The number of nitrogens with one attached hydrogen (secondary N) is 2. The van der Waals surface area contributed by atoms with Crippen molar-refractivity contribution in [2.75, 3.05) is 25.1 Å². The normalized spacial score (nSPS) is 18.6. The van der Waals surface area contributed by atoms with Crippen LogP contribution in [0.2, 0.25) is 0 Å². The number of rotatable bonds is 3. The van der Waals surface area contributed by atoms with Gasteiger partial charge in [0, 0.05) is 31.9 Å². The molecule has 1 aliphatic rings. The smallest absolute Gasteiger partial charge is 0.253 e. The molecule has 1 fully saturated rings. The average molecular weight is 290 g/mol. The van der Waals surface area contributed by atoms with E-state index >= 15 is 0 Å². The van der Waals surface area contributed by atoms with E-state index in [4.69, 9.17) is 5.73 Å². The Labute approximate surface area is 122 Å². The first-order chi connectivity index (χ1) is 9.93. The minimum absolute atomic E-state index is 0.197. The van der Waals surface area contributed by atoms with Gasteiger partial charge < -0.3 is 16.4 Å². The highest BCUT2D eigenvalue weighted by atomic mass is 16.2. The molecule has 1 aromatic carbocycles. The second-order valence-corrected chi connectivity index (χ2v) is 4.91. The summed E-state index contributed by atoms with van der Waals surface area (Å²) >= 11 is 0. The quantitative estimate of drug-likeness (QED) is 0.544. The summed E-state index contributed by atoms with van der Waals surface area (Å²) in [5.74, 6) is -0.779. The number of piperidine rings is 1. The van der Waals surface area contributed by atoms with Crippen LogP contribution in [0.15, 0.2) is 18.2 Å². The molecule has 7 heteroatoms. The number of hydrogen-bond donors (Lipinski definition) is 3. The SMILES string of the molecule is CNC(=O)c1ccc(N)cc1NC1CCC(=O)N(C)C1=O. The van der Waals surface area contributed by atoms with Crippen molar-refractivity contribution in [2.45, 2.75) is 18.9 Å². The summed E-state index contributed by atoms with van der Waals surface area (Å²) in [6, 6.07) is 4.28. The van der Waals surface area contributed by atoms with Crippen molar-refractivity contribution >= 4 is 29.1 Å². The maximum atomic E-state index is 12.1. The number of likely N-dealkylation sites (tertiary alicyclic amines) is 1. The summed E-state index contributed by atoms with van der Waals surface area (Å²) in [6.07, 6.45) is 0.682. The third-order valence-corrected chi connectivity index (χ3v) is 3.49. The van der Waals surface area contributed by atoms with Crippen molar-refractivity contribution in [1.82, 2.24) is 10.2 Å². The van der Waals surface area contributed by atoms with Crippen molar-refractivity contribution in [3.05, 3.63) is 23.8 Å². The van der Waals surface area contributed by atoms with Crippen molar-refractivity contribution < 1.29 is 14.4 Å². The Hall–Kier alpha value is -2.57. The van der Waals surface area contributed by atoms with E-state index in [-0.39, 0.29) is 24.1 Å². The first-order valence-corrected chi connectivity index (χ1v) is 6.62. The van der Waals surface area contributed by atoms with Crippen LogP contribution in [0.1, 0.15) is 23.2 Å². The number of hydrogen-bond acceptors (Lipinski definition) is 5. The molecule has 112 valence electrons. The molecule has 1 saturated heterocycles. The largest absolute Gasteiger partial charge is 0.399 e. The predicted molar refractivity (Wildman–Crippen MR) is 78.7 cm³/mol. The van der Waals surface area contributed by atoms with E-state index in [0.29, 0.717) is 23.4 Å². The molecule has 4 N–H and O–H groups in total. The summed E-state index contributed by atoms with van der Waals surface area (Å²) in [4.78, 5) is 36.5. The topological polar surface area (TPSA) is 105 Å². The molecule has 0 bridgehead atoms. The Morgan fingerprint density at radius 3 is 2.76 bits per heavy atom. The number of carbonyl (C=O) groups is 3. The molecule has 1 heterocycles. The fourth-order valence-electron chi connectivity index (χ4n) is 2.25. The van der Waals surface area contributed by atoms with E-state index in [1.54, 1.807) is 18.2 Å². The number of amides is 3. The van der Waals surface area contributed by atoms with E-state index in [2.05, 4.69) is 10.6 Å². The average Bonchev–Trinajstić information content (AvgIpc) is 2.47. The zero-order chi connectivity index (χ0) is 15.6. The summed E-state index contributed by atoms with van der Waals surface area (Å²) in [5, 5.41) is 5.56. The van der Waals surface area contributed by atoms with E-state index in [1.165, 1.54) is 14.1 Å². The van der Waals surface area contributed by atoms with Crippen LogP contribution in [0.5, 0.6) is 0 Å². The van der Waals surface area contributed by atoms with Gasteiger partial charge in [0.25, 0.3) is 11.8 Å². The van der Waals surface area contributed by atoms with Gasteiger partial charge in [0.15, 0.2) is 0 Å². The lowest BCUT2D eigenvalue weighted by Crippen LogP contribution is -2.48. The lowest BCUT2D eigenvalue weighted by atomic mass is 10.0. The van der Waals surface area contributed by atoms with Gasteiger partial charge in [-0.25, -0.2) is 0 Å². The van der Waals surface area contributed by atoms with Crippen LogP contribution < -0.4 is 16.4 Å². The molecule has 3 amide bonds. The molecular weight excluding hydrogens is 272 g/mol. The lowest BCUT2D eigenvalue weighted by molar-refractivity contribution is -0.146.